The van der Waals surface area contributed by atoms with Crippen LogP contribution >= 0.6 is 0 Å². The maximum atomic E-state index is 12.6. The minimum Gasteiger partial charge on any atom is -0.508 e. The second-order valence-electron chi connectivity index (χ2n) is 5.51. The van der Waals surface area contributed by atoms with Gasteiger partial charge in [0.15, 0.2) is 0 Å². The Morgan fingerprint density at radius 1 is 1.23 bits per heavy atom. The molecule has 22 heavy (non-hydrogen) atoms. The fraction of sp³-hybridized carbons (Fsp3) is 0.278. The zero-order chi connectivity index (χ0) is 15.5. The molecule has 2 aromatic rings. The highest BCUT2D eigenvalue weighted by Crippen LogP contribution is 2.36. The molecule has 2 N–H and O–H groups in total. The van der Waals surface area contributed by atoms with E-state index in [4.69, 9.17) is 4.74 Å². The molecule has 0 saturated carbocycles. The second-order valence-corrected chi connectivity index (χ2v) is 5.51. The highest BCUT2D eigenvalue weighted by atomic mass is 16.5. The lowest BCUT2D eigenvalue weighted by Gasteiger charge is -2.25. The van der Waals surface area contributed by atoms with Crippen LogP contribution in [0.3, 0.4) is 0 Å². The van der Waals surface area contributed by atoms with Gasteiger partial charge in [-0.15, -0.1) is 0 Å². The maximum absolute atomic E-state index is 12.6. The van der Waals surface area contributed by atoms with Gasteiger partial charge in [0.2, 0.25) is 5.91 Å². The normalized spacial score (nSPS) is 16.7. The number of carbonyl (C=O) groups is 1. The number of aromatic hydroxyl groups is 1. The van der Waals surface area contributed by atoms with Gasteiger partial charge in [0.1, 0.15) is 11.5 Å². The first-order chi connectivity index (χ1) is 10.7. The zero-order valence-electron chi connectivity index (χ0n) is 12.5. The van der Waals surface area contributed by atoms with Crippen LogP contribution in [0.4, 0.5) is 5.69 Å². The number of phenolic OH excluding ortho intramolecular Hbond substituents is 1. The first-order valence-corrected chi connectivity index (χ1v) is 7.44. The van der Waals surface area contributed by atoms with Crippen LogP contribution in [0.25, 0.3) is 0 Å². The lowest BCUT2D eigenvalue weighted by molar-refractivity contribution is -0.117. The Morgan fingerprint density at radius 3 is 2.73 bits per heavy atom. The highest BCUT2D eigenvalue weighted by molar-refractivity contribution is 5.96. The molecule has 3 rings (SSSR count). The SMILES string of the molecule is COc1ccc(NC(=O)C2CCCc3c(O)cccc32)cc1. The molecule has 4 nitrogen and oxygen atoms in total. The number of methoxy groups -OCH3 is 1. The highest BCUT2D eigenvalue weighted by Gasteiger charge is 2.27. The number of benzene rings is 2. The molecule has 1 atom stereocenters. The Kier molecular flexibility index (Phi) is 4.00. The lowest BCUT2D eigenvalue weighted by Crippen LogP contribution is -2.24. The smallest absolute Gasteiger partial charge is 0.231 e. The fourth-order valence-electron chi connectivity index (χ4n) is 3.01. The minimum absolute atomic E-state index is 0.0308. The second kappa shape index (κ2) is 6.10. The summed E-state index contributed by atoms with van der Waals surface area (Å²) < 4.78 is 5.11. The van der Waals surface area contributed by atoms with Gasteiger partial charge in [-0.25, -0.2) is 0 Å². The van der Waals surface area contributed by atoms with Crippen LogP contribution in [0, 0.1) is 0 Å². The molecule has 1 amide bonds. The number of carbonyl (C=O) groups excluding carboxylic acids is 1. The average molecular weight is 297 g/mol. The molecule has 0 fully saturated rings. The number of ether oxygens (including phenoxy) is 1. The van der Waals surface area contributed by atoms with Crippen LogP contribution in [0.15, 0.2) is 42.5 Å². The van der Waals surface area contributed by atoms with E-state index in [1.165, 1.54) is 0 Å². The van der Waals surface area contributed by atoms with Gasteiger partial charge in [-0.3, -0.25) is 4.79 Å². The van der Waals surface area contributed by atoms with E-state index in [2.05, 4.69) is 5.32 Å². The van der Waals surface area contributed by atoms with Gasteiger partial charge in [0.05, 0.1) is 13.0 Å². The van der Waals surface area contributed by atoms with Crippen molar-refractivity contribution in [3.8, 4) is 11.5 Å². The van der Waals surface area contributed by atoms with E-state index in [-0.39, 0.29) is 11.8 Å². The molecular weight excluding hydrogens is 278 g/mol. The number of hydrogen-bond acceptors (Lipinski definition) is 3. The van der Waals surface area contributed by atoms with Crippen molar-refractivity contribution in [3.63, 3.8) is 0 Å². The predicted molar refractivity (Wildman–Crippen MR) is 85.4 cm³/mol. The Morgan fingerprint density at radius 2 is 2.00 bits per heavy atom. The summed E-state index contributed by atoms with van der Waals surface area (Å²) in [5.41, 5.74) is 2.60. The summed E-state index contributed by atoms with van der Waals surface area (Å²) in [6.07, 6.45) is 2.54. The summed E-state index contributed by atoms with van der Waals surface area (Å²) in [6, 6.07) is 12.7. The monoisotopic (exact) mass is 297 g/mol. The van der Waals surface area contributed by atoms with E-state index in [0.29, 0.717) is 5.75 Å². The van der Waals surface area contributed by atoms with Crippen molar-refractivity contribution in [1.29, 1.82) is 0 Å². The van der Waals surface area contributed by atoms with Gasteiger partial charge in [-0.2, -0.15) is 0 Å². The summed E-state index contributed by atoms with van der Waals surface area (Å²) in [5, 5.41) is 12.9. The summed E-state index contributed by atoms with van der Waals surface area (Å²) in [4.78, 5) is 12.6. The van der Waals surface area contributed by atoms with E-state index in [0.717, 1.165) is 41.8 Å². The van der Waals surface area contributed by atoms with Crippen molar-refractivity contribution in [3.05, 3.63) is 53.6 Å². The Labute approximate surface area is 129 Å². The number of anilines is 1. The molecule has 1 aliphatic carbocycles. The van der Waals surface area contributed by atoms with Gasteiger partial charge < -0.3 is 15.2 Å². The van der Waals surface area contributed by atoms with Crippen LogP contribution in [0.1, 0.15) is 29.9 Å². The fourth-order valence-corrected chi connectivity index (χ4v) is 3.01. The molecule has 0 aliphatic heterocycles. The van der Waals surface area contributed by atoms with E-state index in [1.54, 1.807) is 19.2 Å². The van der Waals surface area contributed by atoms with E-state index in [1.807, 2.05) is 30.3 Å². The summed E-state index contributed by atoms with van der Waals surface area (Å²) in [7, 11) is 1.61. The molecule has 1 unspecified atom stereocenters. The van der Waals surface area contributed by atoms with Crippen LogP contribution < -0.4 is 10.1 Å². The average Bonchev–Trinajstić information content (AvgIpc) is 2.55. The van der Waals surface area contributed by atoms with Gasteiger partial charge >= 0.3 is 0 Å². The number of phenols is 1. The molecule has 0 spiro atoms. The Balaban J connectivity index is 1.80. The molecule has 2 aromatic carbocycles. The van der Waals surface area contributed by atoms with E-state index < -0.39 is 0 Å². The van der Waals surface area contributed by atoms with Crippen molar-refractivity contribution in [1.82, 2.24) is 0 Å². The first-order valence-electron chi connectivity index (χ1n) is 7.44. The van der Waals surface area contributed by atoms with Crippen LogP contribution in [0.5, 0.6) is 11.5 Å². The van der Waals surface area contributed by atoms with Crippen molar-refractivity contribution < 1.29 is 14.6 Å². The van der Waals surface area contributed by atoms with Crippen molar-refractivity contribution in [2.45, 2.75) is 25.2 Å². The first kappa shape index (κ1) is 14.4. The van der Waals surface area contributed by atoms with Crippen molar-refractivity contribution in [2.75, 3.05) is 12.4 Å². The number of fused-ring (bicyclic) bond motifs is 1. The molecular formula is C18H19NO3. The van der Waals surface area contributed by atoms with Crippen molar-refractivity contribution in [2.24, 2.45) is 0 Å². The quantitative estimate of drug-likeness (QED) is 0.912. The third-order valence-electron chi connectivity index (χ3n) is 4.16. The molecule has 0 heterocycles. The molecule has 0 radical (unpaired) electrons. The molecule has 1 aliphatic rings. The largest absolute Gasteiger partial charge is 0.508 e. The molecule has 0 bridgehead atoms. The molecule has 4 heteroatoms. The third-order valence-corrected chi connectivity index (χ3v) is 4.16. The molecule has 0 aromatic heterocycles. The standard InChI is InChI=1S/C18H19NO3/c1-22-13-10-8-12(9-11-13)19-18(21)16-6-2-5-15-14(16)4-3-7-17(15)20/h3-4,7-11,16,20H,2,5-6H2,1H3,(H,19,21). The van der Waals surface area contributed by atoms with E-state index in [9.17, 15) is 9.90 Å². The number of nitrogens with one attached hydrogen (secondary N) is 1. The van der Waals surface area contributed by atoms with Crippen molar-refractivity contribution >= 4 is 11.6 Å². The van der Waals surface area contributed by atoms with Gasteiger partial charge in [0, 0.05) is 5.69 Å². The maximum Gasteiger partial charge on any atom is 0.231 e. The Hall–Kier alpha value is -2.49. The molecule has 114 valence electrons. The van der Waals surface area contributed by atoms with Gasteiger partial charge in [-0.05, 0) is 60.7 Å². The molecule has 0 saturated heterocycles. The van der Waals surface area contributed by atoms with E-state index >= 15 is 0 Å². The summed E-state index contributed by atoms with van der Waals surface area (Å²) in [6.45, 7) is 0. The van der Waals surface area contributed by atoms with Crippen LogP contribution in [-0.2, 0) is 11.2 Å². The third kappa shape index (κ3) is 2.77. The number of rotatable bonds is 3. The van der Waals surface area contributed by atoms with Crippen LogP contribution in [-0.4, -0.2) is 18.1 Å². The van der Waals surface area contributed by atoms with Gasteiger partial charge in [0.25, 0.3) is 0 Å². The topological polar surface area (TPSA) is 58.6 Å². The zero-order valence-corrected chi connectivity index (χ0v) is 12.5. The summed E-state index contributed by atoms with van der Waals surface area (Å²) >= 11 is 0. The Bertz CT molecular complexity index is 679. The minimum atomic E-state index is -0.210. The van der Waals surface area contributed by atoms with Gasteiger partial charge in [-0.1, -0.05) is 12.1 Å². The summed E-state index contributed by atoms with van der Waals surface area (Å²) in [5.74, 6) is 0.806. The predicted octanol–water partition coefficient (Wildman–Crippen LogP) is 3.46. The number of amides is 1. The van der Waals surface area contributed by atoms with Crippen LogP contribution in [0.2, 0.25) is 0 Å². The lowest BCUT2D eigenvalue weighted by atomic mass is 9.82. The number of hydrogen-bond donors (Lipinski definition) is 2.